The molecule has 3 atom stereocenters. The van der Waals surface area contributed by atoms with Crippen LogP contribution in [0.4, 0.5) is 4.79 Å². The zero-order valence-electron chi connectivity index (χ0n) is 19.2. The maximum atomic E-state index is 12.9. The van der Waals surface area contributed by atoms with Gasteiger partial charge in [-0.1, -0.05) is 12.1 Å². The summed E-state index contributed by atoms with van der Waals surface area (Å²) in [6, 6.07) is 6.68. The molecular weight excluding hydrogens is 414 g/mol. The number of amides is 1. The lowest BCUT2D eigenvalue weighted by atomic mass is 9.94. The standard InChI is InChI=1S/C23H33N3O6/c1-23(2,3)32-22(29)26-11-7-10-20(31-15-30-4)19(26)12-16(27)13-25-14-24-18-9-6-5-8-17(18)21(25)28/h5-6,8-9,14,16,19-20,27H,7,10-13,15H2,1-4H3/t16?,19-,20-/m0/s1. The Hall–Kier alpha value is -2.49. The summed E-state index contributed by atoms with van der Waals surface area (Å²) in [5, 5.41) is 11.4. The summed E-state index contributed by atoms with van der Waals surface area (Å²) in [4.78, 5) is 31.6. The molecule has 1 amide bonds. The van der Waals surface area contributed by atoms with Crippen LogP contribution >= 0.6 is 0 Å². The molecule has 0 saturated carbocycles. The molecule has 1 saturated heterocycles. The van der Waals surface area contributed by atoms with Crippen molar-refractivity contribution in [2.75, 3.05) is 20.4 Å². The molecule has 3 rings (SSSR count). The Morgan fingerprint density at radius 2 is 2.06 bits per heavy atom. The number of para-hydroxylation sites is 1. The van der Waals surface area contributed by atoms with Gasteiger partial charge in [-0.2, -0.15) is 0 Å². The van der Waals surface area contributed by atoms with Crippen LogP contribution in [0.5, 0.6) is 0 Å². The number of aliphatic hydroxyl groups excluding tert-OH is 1. The van der Waals surface area contributed by atoms with Crippen molar-refractivity contribution in [3.05, 3.63) is 40.9 Å². The minimum absolute atomic E-state index is 0.0618. The molecule has 2 heterocycles. The Labute approximate surface area is 187 Å². The first-order valence-corrected chi connectivity index (χ1v) is 10.9. The van der Waals surface area contributed by atoms with E-state index in [0.29, 0.717) is 17.4 Å². The third-order valence-corrected chi connectivity index (χ3v) is 5.40. The lowest BCUT2D eigenvalue weighted by Gasteiger charge is -2.42. The molecular formula is C23H33N3O6. The summed E-state index contributed by atoms with van der Waals surface area (Å²) in [6.07, 6.45) is 1.53. The number of fused-ring (bicyclic) bond motifs is 1. The number of ether oxygens (including phenoxy) is 3. The van der Waals surface area contributed by atoms with Gasteiger partial charge in [0.1, 0.15) is 12.4 Å². The maximum absolute atomic E-state index is 12.9. The van der Waals surface area contributed by atoms with E-state index in [2.05, 4.69) is 4.98 Å². The number of likely N-dealkylation sites (tertiary alicyclic amines) is 1. The number of piperidine rings is 1. The summed E-state index contributed by atoms with van der Waals surface area (Å²) in [5.74, 6) is 0. The summed E-state index contributed by atoms with van der Waals surface area (Å²) in [5.41, 5.74) is -0.237. The molecule has 1 aromatic heterocycles. The van der Waals surface area contributed by atoms with E-state index < -0.39 is 23.8 Å². The fourth-order valence-electron chi connectivity index (χ4n) is 4.01. The highest BCUT2D eigenvalue weighted by molar-refractivity contribution is 5.76. The zero-order valence-corrected chi connectivity index (χ0v) is 19.2. The monoisotopic (exact) mass is 447 g/mol. The van der Waals surface area contributed by atoms with Gasteiger partial charge in [-0.25, -0.2) is 9.78 Å². The summed E-state index contributed by atoms with van der Waals surface area (Å²) in [7, 11) is 1.54. The molecule has 1 N–H and O–H groups in total. The van der Waals surface area contributed by atoms with Gasteiger partial charge in [-0.3, -0.25) is 9.36 Å². The normalized spacial score (nSPS) is 20.3. The van der Waals surface area contributed by atoms with Crippen molar-refractivity contribution in [3.8, 4) is 0 Å². The van der Waals surface area contributed by atoms with Crippen molar-refractivity contribution in [1.29, 1.82) is 0 Å². The van der Waals surface area contributed by atoms with Gasteiger partial charge in [0.05, 0.1) is 42.0 Å². The van der Waals surface area contributed by atoms with Gasteiger partial charge in [0.25, 0.3) is 5.56 Å². The van der Waals surface area contributed by atoms with E-state index in [1.165, 1.54) is 18.0 Å². The second-order valence-electron chi connectivity index (χ2n) is 9.10. The molecule has 1 aliphatic heterocycles. The van der Waals surface area contributed by atoms with Crippen molar-refractivity contribution >= 4 is 17.0 Å². The number of nitrogens with zero attached hydrogens (tertiary/aromatic N) is 3. The number of benzene rings is 1. The molecule has 1 unspecified atom stereocenters. The van der Waals surface area contributed by atoms with Crippen molar-refractivity contribution in [3.63, 3.8) is 0 Å². The summed E-state index contributed by atoms with van der Waals surface area (Å²) >= 11 is 0. The molecule has 1 aliphatic rings. The summed E-state index contributed by atoms with van der Waals surface area (Å²) in [6.45, 7) is 6.11. The number of rotatable bonds is 7. The molecule has 0 radical (unpaired) electrons. The Bertz CT molecular complexity index is 970. The highest BCUT2D eigenvalue weighted by Gasteiger charge is 2.38. The van der Waals surface area contributed by atoms with E-state index in [1.807, 2.05) is 26.8 Å². The Morgan fingerprint density at radius 1 is 1.31 bits per heavy atom. The molecule has 32 heavy (non-hydrogen) atoms. The average molecular weight is 448 g/mol. The van der Waals surface area contributed by atoms with Gasteiger partial charge >= 0.3 is 6.09 Å². The van der Waals surface area contributed by atoms with Crippen LogP contribution in [0.3, 0.4) is 0 Å². The van der Waals surface area contributed by atoms with Crippen LogP contribution < -0.4 is 5.56 Å². The van der Waals surface area contributed by atoms with E-state index in [9.17, 15) is 14.7 Å². The molecule has 0 spiro atoms. The Kier molecular flexibility index (Phi) is 7.86. The number of hydrogen-bond acceptors (Lipinski definition) is 7. The molecule has 0 bridgehead atoms. The fourth-order valence-corrected chi connectivity index (χ4v) is 4.01. The second-order valence-corrected chi connectivity index (χ2v) is 9.10. The number of aromatic nitrogens is 2. The predicted molar refractivity (Wildman–Crippen MR) is 119 cm³/mol. The Balaban J connectivity index is 1.78. The van der Waals surface area contributed by atoms with Crippen LogP contribution in [0.2, 0.25) is 0 Å². The first-order chi connectivity index (χ1) is 15.2. The lowest BCUT2D eigenvalue weighted by molar-refractivity contribution is -0.120. The predicted octanol–water partition coefficient (Wildman–Crippen LogP) is 2.54. The van der Waals surface area contributed by atoms with E-state index in [-0.39, 0.29) is 31.4 Å². The van der Waals surface area contributed by atoms with Crippen LogP contribution in [0.1, 0.15) is 40.0 Å². The number of aliphatic hydroxyl groups is 1. The van der Waals surface area contributed by atoms with E-state index in [0.717, 1.165) is 12.8 Å². The third-order valence-electron chi connectivity index (χ3n) is 5.40. The fraction of sp³-hybridized carbons (Fsp3) is 0.609. The molecule has 1 aromatic carbocycles. The summed E-state index contributed by atoms with van der Waals surface area (Å²) < 4.78 is 17.9. The van der Waals surface area contributed by atoms with Gasteiger partial charge in [0, 0.05) is 13.7 Å². The molecule has 1 fully saturated rings. The number of hydrogen-bond donors (Lipinski definition) is 1. The van der Waals surface area contributed by atoms with Crippen LogP contribution in [-0.2, 0) is 20.8 Å². The molecule has 176 valence electrons. The number of carbonyl (C=O) groups excluding carboxylic acids is 1. The van der Waals surface area contributed by atoms with Gasteiger partial charge < -0.3 is 24.2 Å². The average Bonchev–Trinajstić information content (AvgIpc) is 2.74. The van der Waals surface area contributed by atoms with Crippen LogP contribution in [-0.4, -0.2) is 69.9 Å². The van der Waals surface area contributed by atoms with Crippen molar-refractivity contribution < 1.29 is 24.1 Å². The minimum atomic E-state index is -0.891. The van der Waals surface area contributed by atoms with Crippen molar-refractivity contribution in [1.82, 2.24) is 14.5 Å². The minimum Gasteiger partial charge on any atom is -0.444 e. The molecule has 0 aliphatic carbocycles. The van der Waals surface area contributed by atoms with Crippen LogP contribution in [0.25, 0.3) is 10.9 Å². The molecule has 9 heteroatoms. The van der Waals surface area contributed by atoms with E-state index >= 15 is 0 Å². The zero-order chi connectivity index (χ0) is 23.3. The topological polar surface area (TPSA) is 103 Å². The van der Waals surface area contributed by atoms with E-state index in [1.54, 1.807) is 23.1 Å². The van der Waals surface area contributed by atoms with Crippen LogP contribution in [0.15, 0.2) is 35.4 Å². The Morgan fingerprint density at radius 3 is 2.78 bits per heavy atom. The first kappa shape index (κ1) is 24.2. The van der Waals surface area contributed by atoms with Gasteiger partial charge in [-0.05, 0) is 52.2 Å². The third kappa shape index (κ3) is 6.05. The van der Waals surface area contributed by atoms with Gasteiger partial charge in [-0.15, -0.1) is 0 Å². The number of carbonyl (C=O) groups is 1. The molecule has 9 nitrogen and oxygen atoms in total. The highest BCUT2D eigenvalue weighted by atomic mass is 16.7. The van der Waals surface area contributed by atoms with Crippen molar-refractivity contribution in [2.24, 2.45) is 0 Å². The van der Waals surface area contributed by atoms with Gasteiger partial charge in [0.15, 0.2) is 0 Å². The highest BCUT2D eigenvalue weighted by Crippen LogP contribution is 2.26. The maximum Gasteiger partial charge on any atom is 0.410 e. The largest absolute Gasteiger partial charge is 0.444 e. The lowest BCUT2D eigenvalue weighted by Crippen LogP contribution is -2.54. The van der Waals surface area contributed by atoms with Gasteiger partial charge in [0.2, 0.25) is 0 Å². The first-order valence-electron chi connectivity index (χ1n) is 10.9. The smallest absolute Gasteiger partial charge is 0.410 e. The van der Waals surface area contributed by atoms with Crippen LogP contribution in [0, 0.1) is 0 Å². The second kappa shape index (κ2) is 10.4. The van der Waals surface area contributed by atoms with E-state index in [4.69, 9.17) is 14.2 Å². The number of methoxy groups -OCH3 is 1. The quantitative estimate of drug-likeness (QED) is 0.651. The van der Waals surface area contributed by atoms with Crippen molar-refractivity contribution in [2.45, 2.75) is 70.4 Å². The molecule has 2 aromatic rings. The SMILES string of the molecule is COCO[C@H]1CCCN(C(=O)OC(C)(C)C)[C@H]1CC(O)Cn1cnc2ccccc2c1=O.